The fourth-order valence-electron chi connectivity index (χ4n) is 4.87. The fraction of sp³-hybridized carbons (Fsp3) is 0.355. The monoisotopic (exact) mass is 534 g/mol. The van der Waals surface area contributed by atoms with E-state index in [0.717, 1.165) is 36.8 Å². The van der Waals surface area contributed by atoms with Crippen LogP contribution in [0.4, 0.5) is 0 Å². The van der Waals surface area contributed by atoms with Crippen molar-refractivity contribution in [3.63, 3.8) is 0 Å². The Hall–Kier alpha value is -3.51. The molecular formula is C31H35ClN2O4. The lowest BCUT2D eigenvalue weighted by atomic mass is 9.94. The number of methoxy groups -OCH3 is 1. The maximum absolute atomic E-state index is 13.8. The highest BCUT2D eigenvalue weighted by molar-refractivity contribution is 6.31. The van der Waals surface area contributed by atoms with Gasteiger partial charge in [-0.15, -0.1) is 0 Å². The number of nitrogens with zero attached hydrogens (tertiary/aromatic N) is 1. The second-order valence-electron chi connectivity index (χ2n) is 9.60. The summed E-state index contributed by atoms with van der Waals surface area (Å²) in [7, 11) is 1.55. The molecule has 0 heterocycles. The summed E-state index contributed by atoms with van der Waals surface area (Å²) >= 11 is 6.50. The van der Waals surface area contributed by atoms with Gasteiger partial charge < -0.3 is 19.7 Å². The van der Waals surface area contributed by atoms with Crippen molar-refractivity contribution < 1.29 is 19.1 Å². The van der Waals surface area contributed by atoms with Gasteiger partial charge in [0, 0.05) is 24.0 Å². The number of benzene rings is 3. The highest BCUT2D eigenvalue weighted by atomic mass is 35.5. The molecule has 1 atom stereocenters. The van der Waals surface area contributed by atoms with Crippen molar-refractivity contribution in [2.45, 2.75) is 57.2 Å². The molecule has 2 amide bonds. The van der Waals surface area contributed by atoms with Crippen LogP contribution in [0, 0.1) is 0 Å². The molecule has 3 aromatic carbocycles. The summed E-state index contributed by atoms with van der Waals surface area (Å²) in [5.41, 5.74) is 1.74. The van der Waals surface area contributed by atoms with Gasteiger partial charge in [0.05, 0.1) is 7.11 Å². The molecule has 0 spiro atoms. The molecule has 0 bridgehead atoms. The van der Waals surface area contributed by atoms with E-state index in [4.69, 9.17) is 21.1 Å². The summed E-state index contributed by atoms with van der Waals surface area (Å²) in [6.07, 6.45) is 5.69. The van der Waals surface area contributed by atoms with Crippen LogP contribution in [0.2, 0.25) is 5.02 Å². The molecule has 3 aromatic rings. The van der Waals surface area contributed by atoms with Gasteiger partial charge >= 0.3 is 0 Å². The Kier molecular flexibility index (Phi) is 10.0. The number of halogens is 1. The molecule has 4 rings (SSSR count). The Balaban J connectivity index is 1.63. The first kappa shape index (κ1) is 27.5. The molecule has 6 nitrogen and oxygen atoms in total. The van der Waals surface area contributed by atoms with Crippen molar-refractivity contribution in [1.29, 1.82) is 0 Å². The smallest absolute Gasteiger partial charge is 0.261 e. The Morgan fingerprint density at radius 1 is 0.921 bits per heavy atom. The van der Waals surface area contributed by atoms with Gasteiger partial charge in [-0.05, 0) is 42.2 Å². The number of nitrogens with one attached hydrogen (secondary N) is 1. The summed E-state index contributed by atoms with van der Waals surface area (Å²) in [5.74, 6) is 0.537. The average Bonchev–Trinajstić information content (AvgIpc) is 2.95. The molecule has 200 valence electrons. The van der Waals surface area contributed by atoms with Crippen LogP contribution in [0.25, 0.3) is 0 Å². The van der Waals surface area contributed by atoms with Crippen molar-refractivity contribution in [2.24, 2.45) is 0 Å². The Labute approximate surface area is 229 Å². The summed E-state index contributed by atoms with van der Waals surface area (Å²) in [5, 5.41) is 3.78. The van der Waals surface area contributed by atoms with Gasteiger partial charge in [-0.25, -0.2) is 0 Å². The summed E-state index contributed by atoms with van der Waals surface area (Å²) < 4.78 is 11.3. The average molecular weight is 535 g/mol. The van der Waals surface area contributed by atoms with Crippen LogP contribution in [0.1, 0.15) is 43.2 Å². The quantitative estimate of drug-likeness (QED) is 0.337. The molecule has 0 radical (unpaired) electrons. The van der Waals surface area contributed by atoms with Crippen molar-refractivity contribution in [3.8, 4) is 11.5 Å². The van der Waals surface area contributed by atoms with Gasteiger partial charge in [-0.2, -0.15) is 0 Å². The number of hydrogen-bond donors (Lipinski definition) is 1. The van der Waals surface area contributed by atoms with Crippen LogP contribution < -0.4 is 14.8 Å². The van der Waals surface area contributed by atoms with Crippen molar-refractivity contribution in [1.82, 2.24) is 10.2 Å². The second-order valence-corrected chi connectivity index (χ2v) is 10.0. The second kappa shape index (κ2) is 13.9. The molecule has 38 heavy (non-hydrogen) atoms. The van der Waals surface area contributed by atoms with E-state index in [-0.39, 0.29) is 31.0 Å². The van der Waals surface area contributed by atoms with E-state index in [0.29, 0.717) is 22.9 Å². The molecule has 1 aliphatic rings. The van der Waals surface area contributed by atoms with Gasteiger partial charge in [-0.3, -0.25) is 9.59 Å². The number of ether oxygens (including phenoxy) is 2. The number of para-hydroxylation sites is 2. The first-order chi connectivity index (χ1) is 18.5. The maximum atomic E-state index is 13.8. The molecule has 1 N–H and O–H groups in total. The van der Waals surface area contributed by atoms with E-state index in [1.807, 2.05) is 60.7 Å². The number of hydrogen-bond acceptors (Lipinski definition) is 4. The minimum Gasteiger partial charge on any atom is -0.493 e. The normalized spacial score (nSPS) is 14.4. The first-order valence-corrected chi connectivity index (χ1v) is 13.6. The Bertz CT molecular complexity index is 1200. The van der Waals surface area contributed by atoms with Crippen LogP contribution in [-0.2, 0) is 22.6 Å². The third-order valence-corrected chi connectivity index (χ3v) is 7.31. The van der Waals surface area contributed by atoms with E-state index in [1.165, 1.54) is 6.42 Å². The maximum Gasteiger partial charge on any atom is 0.261 e. The van der Waals surface area contributed by atoms with Crippen LogP contribution >= 0.6 is 11.6 Å². The molecule has 7 heteroatoms. The zero-order valence-electron chi connectivity index (χ0n) is 21.8. The topological polar surface area (TPSA) is 67.9 Å². The first-order valence-electron chi connectivity index (χ1n) is 13.2. The number of carbonyl (C=O) groups is 2. The highest BCUT2D eigenvalue weighted by Gasteiger charge is 2.32. The van der Waals surface area contributed by atoms with Gasteiger partial charge in [0.1, 0.15) is 6.04 Å². The number of amides is 2. The molecule has 1 unspecified atom stereocenters. The largest absolute Gasteiger partial charge is 0.493 e. The molecule has 0 aromatic heterocycles. The lowest BCUT2D eigenvalue weighted by molar-refractivity contribution is -0.143. The van der Waals surface area contributed by atoms with Gasteiger partial charge in [0.2, 0.25) is 5.91 Å². The minimum atomic E-state index is -0.732. The Morgan fingerprint density at radius 2 is 1.58 bits per heavy atom. The summed E-state index contributed by atoms with van der Waals surface area (Å²) in [6, 6.07) is 23.7. The molecule has 1 saturated carbocycles. The SMILES string of the molecule is COc1ccccc1OCC(=O)N(Cc1ccccc1Cl)C(Cc1ccccc1)C(=O)NC1CCCCC1. The van der Waals surface area contributed by atoms with Crippen molar-refractivity contribution in [2.75, 3.05) is 13.7 Å². The van der Waals surface area contributed by atoms with Crippen LogP contribution in [0.3, 0.4) is 0 Å². The third kappa shape index (κ3) is 7.51. The predicted octanol–water partition coefficient (Wildman–Crippen LogP) is 5.82. The molecular weight excluding hydrogens is 500 g/mol. The highest BCUT2D eigenvalue weighted by Crippen LogP contribution is 2.27. The van der Waals surface area contributed by atoms with Crippen molar-refractivity contribution in [3.05, 3.63) is 95.0 Å². The van der Waals surface area contributed by atoms with E-state index in [9.17, 15) is 9.59 Å². The molecule has 0 saturated heterocycles. The molecule has 1 aliphatic carbocycles. The minimum absolute atomic E-state index is 0.122. The fourth-order valence-corrected chi connectivity index (χ4v) is 5.06. The standard InChI is InChI=1S/C31H35ClN2O4/c1-37-28-18-10-11-19-29(28)38-22-30(35)34(21-24-14-8-9-17-26(24)32)27(20-23-12-4-2-5-13-23)31(36)33-25-15-6-3-7-16-25/h2,4-5,8-14,17-19,25,27H,3,6-7,15-16,20-22H2,1H3,(H,33,36). The van der Waals surface area contributed by atoms with Crippen LogP contribution in [0.15, 0.2) is 78.9 Å². The number of rotatable bonds is 11. The van der Waals surface area contributed by atoms with Gasteiger partial charge in [0.15, 0.2) is 18.1 Å². The summed E-state index contributed by atoms with van der Waals surface area (Å²) in [4.78, 5) is 29.2. The zero-order chi connectivity index (χ0) is 26.7. The predicted molar refractivity (Wildman–Crippen MR) is 149 cm³/mol. The van der Waals surface area contributed by atoms with E-state index < -0.39 is 6.04 Å². The molecule has 1 fully saturated rings. The lowest BCUT2D eigenvalue weighted by Crippen LogP contribution is -2.53. The van der Waals surface area contributed by atoms with Gasteiger partial charge in [-0.1, -0.05) is 91.5 Å². The van der Waals surface area contributed by atoms with Gasteiger partial charge in [0.25, 0.3) is 5.91 Å². The van der Waals surface area contributed by atoms with Crippen molar-refractivity contribution >= 4 is 23.4 Å². The van der Waals surface area contributed by atoms with E-state index >= 15 is 0 Å². The zero-order valence-corrected chi connectivity index (χ0v) is 22.5. The van der Waals surface area contributed by atoms with E-state index in [1.54, 1.807) is 30.2 Å². The van der Waals surface area contributed by atoms with E-state index in [2.05, 4.69) is 5.32 Å². The number of carbonyl (C=O) groups excluding carboxylic acids is 2. The van der Waals surface area contributed by atoms with Crippen LogP contribution in [0.5, 0.6) is 11.5 Å². The molecule has 0 aliphatic heterocycles. The van der Waals surface area contributed by atoms with Crippen LogP contribution in [-0.4, -0.2) is 42.5 Å². The Morgan fingerprint density at radius 3 is 2.29 bits per heavy atom. The summed E-state index contributed by atoms with van der Waals surface area (Å²) in [6.45, 7) is -0.0593. The third-order valence-electron chi connectivity index (χ3n) is 6.94. The lowest BCUT2D eigenvalue weighted by Gasteiger charge is -2.33.